The zero-order valence-electron chi connectivity index (χ0n) is 11.4. The number of benzene rings is 1. The van der Waals surface area contributed by atoms with Crippen molar-refractivity contribution in [3.63, 3.8) is 0 Å². The van der Waals surface area contributed by atoms with Crippen LogP contribution in [0.15, 0.2) is 42.5 Å². The van der Waals surface area contributed by atoms with Gasteiger partial charge in [-0.25, -0.2) is 4.98 Å². The van der Waals surface area contributed by atoms with E-state index in [2.05, 4.69) is 22.1 Å². The van der Waals surface area contributed by atoms with E-state index in [4.69, 9.17) is 11.6 Å². The molecular formula is C15H18ClN3. The second-order valence-electron chi connectivity index (χ2n) is 4.47. The highest BCUT2D eigenvalue weighted by molar-refractivity contribution is 6.30. The van der Waals surface area contributed by atoms with Gasteiger partial charge in [-0.05, 0) is 36.8 Å². The first kappa shape index (κ1) is 13.7. The Bertz CT molecular complexity index is 539. The molecule has 0 saturated heterocycles. The minimum atomic E-state index is 0.233. The summed E-state index contributed by atoms with van der Waals surface area (Å²) in [5.74, 6) is 1.81. The minimum absolute atomic E-state index is 0.233. The molecule has 0 saturated carbocycles. The highest BCUT2D eigenvalue weighted by Gasteiger charge is 2.13. The van der Waals surface area contributed by atoms with Crippen LogP contribution in [0.4, 0.5) is 11.6 Å². The zero-order chi connectivity index (χ0) is 13.8. The fraction of sp³-hybridized carbons (Fsp3) is 0.267. The summed E-state index contributed by atoms with van der Waals surface area (Å²) in [5, 5.41) is 3.81. The van der Waals surface area contributed by atoms with Crippen molar-refractivity contribution in [1.29, 1.82) is 0 Å². The third-order valence-corrected chi connectivity index (χ3v) is 3.54. The van der Waals surface area contributed by atoms with E-state index < -0.39 is 0 Å². The van der Waals surface area contributed by atoms with Crippen molar-refractivity contribution in [3.8, 4) is 0 Å². The van der Waals surface area contributed by atoms with Gasteiger partial charge in [0.15, 0.2) is 0 Å². The van der Waals surface area contributed by atoms with Crippen molar-refractivity contribution in [2.24, 2.45) is 0 Å². The van der Waals surface area contributed by atoms with Gasteiger partial charge in [-0.15, -0.1) is 0 Å². The van der Waals surface area contributed by atoms with Crippen LogP contribution in [0, 0.1) is 0 Å². The van der Waals surface area contributed by atoms with Crippen molar-refractivity contribution in [2.75, 3.05) is 24.3 Å². The Morgan fingerprint density at radius 3 is 2.47 bits per heavy atom. The van der Waals surface area contributed by atoms with Gasteiger partial charge in [0, 0.05) is 19.1 Å². The van der Waals surface area contributed by atoms with Crippen molar-refractivity contribution >= 4 is 23.2 Å². The molecule has 19 heavy (non-hydrogen) atoms. The third kappa shape index (κ3) is 3.18. The topological polar surface area (TPSA) is 28.2 Å². The first-order valence-corrected chi connectivity index (χ1v) is 6.62. The molecule has 4 heteroatoms. The molecule has 1 N–H and O–H groups in total. The molecular weight excluding hydrogens is 258 g/mol. The molecule has 1 aromatic carbocycles. The quantitative estimate of drug-likeness (QED) is 0.915. The predicted molar refractivity (Wildman–Crippen MR) is 82.1 cm³/mol. The molecule has 1 atom stereocenters. The molecule has 2 rings (SSSR count). The highest BCUT2D eigenvalue weighted by atomic mass is 35.5. The van der Waals surface area contributed by atoms with Gasteiger partial charge >= 0.3 is 0 Å². The predicted octanol–water partition coefficient (Wildman–Crippen LogP) is 3.97. The number of aromatic nitrogens is 1. The van der Waals surface area contributed by atoms with Gasteiger partial charge in [0.05, 0.1) is 6.04 Å². The van der Waals surface area contributed by atoms with Crippen LogP contribution < -0.4 is 10.2 Å². The molecule has 3 nitrogen and oxygen atoms in total. The number of hydrogen-bond acceptors (Lipinski definition) is 3. The Balaban J connectivity index is 2.22. The average Bonchev–Trinajstić information content (AvgIpc) is 2.46. The zero-order valence-corrected chi connectivity index (χ0v) is 12.1. The lowest BCUT2D eigenvalue weighted by Gasteiger charge is -2.26. The number of halogens is 1. The lowest BCUT2D eigenvalue weighted by molar-refractivity contribution is 0.729. The molecule has 0 bridgehead atoms. The van der Waals surface area contributed by atoms with Crippen molar-refractivity contribution in [3.05, 3.63) is 53.1 Å². The Kier molecular flexibility index (Phi) is 4.27. The van der Waals surface area contributed by atoms with Gasteiger partial charge in [0.1, 0.15) is 11.6 Å². The average molecular weight is 276 g/mol. The molecule has 0 spiro atoms. The Labute approximate surface area is 119 Å². The van der Waals surface area contributed by atoms with Crippen LogP contribution >= 0.6 is 11.6 Å². The minimum Gasteiger partial charge on any atom is -0.373 e. The molecule has 0 aliphatic heterocycles. The van der Waals surface area contributed by atoms with E-state index in [1.807, 2.05) is 56.6 Å². The lowest BCUT2D eigenvalue weighted by Crippen LogP contribution is -2.22. The smallest absolute Gasteiger partial charge is 0.131 e. The number of nitrogens with zero attached hydrogens (tertiary/aromatic N) is 2. The van der Waals surface area contributed by atoms with Gasteiger partial charge in [-0.2, -0.15) is 0 Å². The second kappa shape index (κ2) is 5.93. The summed E-state index contributed by atoms with van der Waals surface area (Å²) in [4.78, 5) is 6.69. The summed E-state index contributed by atoms with van der Waals surface area (Å²) in [7, 11) is 3.91. The first-order valence-electron chi connectivity index (χ1n) is 6.25. The van der Waals surface area contributed by atoms with Crippen molar-refractivity contribution in [2.45, 2.75) is 13.0 Å². The summed E-state index contributed by atoms with van der Waals surface area (Å²) < 4.78 is 0. The van der Waals surface area contributed by atoms with Crippen LogP contribution in [0.3, 0.4) is 0 Å². The second-order valence-corrected chi connectivity index (χ2v) is 4.91. The van der Waals surface area contributed by atoms with Gasteiger partial charge in [-0.1, -0.05) is 29.8 Å². The SMILES string of the molecule is CNc1cccc(N(C)C(C)c2ccc(Cl)cc2)n1. The van der Waals surface area contributed by atoms with Crippen LogP contribution in [0.1, 0.15) is 18.5 Å². The fourth-order valence-electron chi connectivity index (χ4n) is 1.92. The molecule has 1 heterocycles. The van der Waals surface area contributed by atoms with Crippen LogP contribution in [0.25, 0.3) is 0 Å². The number of anilines is 2. The van der Waals surface area contributed by atoms with E-state index in [0.29, 0.717) is 0 Å². The van der Waals surface area contributed by atoms with E-state index in [1.165, 1.54) is 5.56 Å². The van der Waals surface area contributed by atoms with E-state index in [0.717, 1.165) is 16.7 Å². The highest BCUT2D eigenvalue weighted by Crippen LogP contribution is 2.25. The molecule has 2 aromatic rings. The van der Waals surface area contributed by atoms with Crippen molar-refractivity contribution < 1.29 is 0 Å². The van der Waals surface area contributed by atoms with Crippen LogP contribution in [-0.4, -0.2) is 19.1 Å². The van der Waals surface area contributed by atoms with Crippen LogP contribution in [-0.2, 0) is 0 Å². The van der Waals surface area contributed by atoms with E-state index in [1.54, 1.807) is 0 Å². The lowest BCUT2D eigenvalue weighted by atomic mass is 10.1. The van der Waals surface area contributed by atoms with E-state index >= 15 is 0 Å². The number of nitrogens with one attached hydrogen (secondary N) is 1. The van der Waals surface area contributed by atoms with Gasteiger partial charge in [0.25, 0.3) is 0 Å². The number of rotatable bonds is 4. The normalized spacial score (nSPS) is 12.0. The largest absolute Gasteiger partial charge is 0.373 e. The number of hydrogen-bond donors (Lipinski definition) is 1. The molecule has 0 aliphatic carbocycles. The monoisotopic (exact) mass is 275 g/mol. The van der Waals surface area contributed by atoms with Gasteiger partial charge < -0.3 is 10.2 Å². The summed E-state index contributed by atoms with van der Waals surface area (Å²) in [6.07, 6.45) is 0. The Morgan fingerprint density at radius 1 is 1.16 bits per heavy atom. The first-order chi connectivity index (χ1) is 9.11. The fourth-order valence-corrected chi connectivity index (χ4v) is 2.05. The molecule has 100 valence electrons. The van der Waals surface area contributed by atoms with Gasteiger partial charge in [0.2, 0.25) is 0 Å². The summed E-state index contributed by atoms with van der Waals surface area (Å²) in [6.45, 7) is 2.15. The Hall–Kier alpha value is -1.74. The molecule has 0 amide bonds. The van der Waals surface area contributed by atoms with Gasteiger partial charge in [-0.3, -0.25) is 0 Å². The molecule has 0 fully saturated rings. The maximum absolute atomic E-state index is 5.92. The van der Waals surface area contributed by atoms with Crippen molar-refractivity contribution in [1.82, 2.24) is 4.98 Å². The van der Waals surface area contributed by atoms with E-state index in [9.17, 15) is 0 Å². The Morgan fingerprint density at radius 2 is 1.84 bits per heavy atom. The maximum Gasteiger partial charge on any atom is 0.131 e. The molecule has 1 aromatic heterocycles. The van der Waals surface area contributed by atoms with Crippen LogP contribution in [0.5, 0.6) is 0 Å². The molecule has 0 aliphatic rings. The molecule has 0 radical (unpaired) electrons. The van der Waals surface area contributed by atoms with E-state index in [-0.39, 0.29) is 6.04 Å². The molecule has 1 unspecified atom stereocenters. The summed E-state index contributed by atoms with van der Waals surface area (Å²) >= 11 is 5.92. The summed E-state index contributed by atoms with van der Waals surface area (Å²) in [5.41, 5.74) is 1.21. The summed E-state index contributed by atoms with van der Waals surface area (Å²) in [6, 6.07) is 14.1. The maximum atomic E-state index is 5.92. The number of pyridine rings is 1. The standard InChI is InChI=1S/C15H18ClN3/c1-11(12-7-9-13(16)10-8-12)19(3)15-6-4-5-14(17-2)18-15/h4-11H,1-3H3,(H,17,18). The van der Waals surface area contributed by atoms with Crippen LogP contribution in [0.2, 0.25) is 5.02 Å². The third-order valence-electron chi connectivity index (χ3n) is 3.29.